The molecule has 0 spiro atoms. The predicted molar refractivity (Wildman–Crippen MR) is 112 cm³/mol. The summed E-state index contributed by atoms with van der Waals surface area (Å²) in [4.78, 5) is 2.65. The maximum absolute atomic E-state index is 15.1. The summed E-state index contributed by atoms with van der Waals surface area (Å²) in [5.41, 5.74) is -1.34. The summed E-state index contributed by atoms with van der Waals surface area (Å²) < 4.78 is 21.7. The maximum atomic E-state index is 15.1. The van der Waals surface area contributed by atoms with Crippen LogP contribution in [0.2, 0.25) is 5.04 Å². The van der Waals surface area contributed by atoms with Crippen LogP contribution in [0.25, 0.3) is 0 Å². The van der Waals surface area contributed by atoms with Gasteiger partial charge in [-0.2, -0.15) is 0 Å². The van der Waals surface area contributed by atoms with Crippen LogP contribution in [-0.2, 0) is 4.43 Å². The zero-order valence-corrected chi connectivity index (χ0v) is 18.0. The van der Waals surface area contributed by atoms with Gasteiger partial charge in [0.2, 0.25) is 0 Å². The molecule has 2 aromatic carbocycles. The molecule has 2 unspecified atom stereocenters. The summed E-state index contributed by atoms with van der Waals surface area (Å²) in [6.07, 6.45) is 0.448. The third kappa shape index (κ3) is 3.53. The Hall–Kier alpha value is -1.41. The van der Waals surface area contributed by atoms with E-state index in [1.807, 2.05) is 36.4 Å². The molecule has 26 heavy (non-hydrogen) atoms. The lowest BCUT2D eigenvalue weighted by atomic mass is 10.2. The Kier molecular flexibility index (Phi) is 5.44. The highest BCUT2D eigenvalue weighted by Crippen LogP contribution is 2.48. The lowest BCUT2D eigenvalue weighted by Crippen LogP contribution is -2.67. The van der Waals surface area contributed by atoms with Crippen molar-refractivity contribution in [2.75, 3.05) is 6.61 Å². The van der Waals surface area contributed by atoms with E-state index in [4.69, 9.17) is 4.43 Å². The van der Waals surface area contributed by atoms with E-state index >= 15 is 4.39 Å². The molecule has 0 saturated heterocycles. The van der Waals surface area contributed by atoms with Gasteiger partial charge in [-0.15, -0.1) is 0 Å². The number of rotatable bonds is 5. The van der Waals surface area contributed by atoms with Crippen LogP contribution in [0.1, 0.15) is 27.2 Å². The molecule has 136 valence electrons. The zero-order chi connectivity index (χ0) is 18.8. The first-order chi connectivity index (χ1) is 12.3. The van der Waals surface area contributed by atoms with E-state index < -0.39 is 14.0 Å². The van der Waals surface area contributed by atoms with Crippen LogP contribution < -0.4 is 10.4 Å². The number of hydrogen-bond acceptors (Lipinski definition) is 1. The lowest BCUT2D eigenvalue weighted by Gasteiger charge is -2.43. The van der Waals surface area contributed by atoms with E-state index in [0.717, 1.165) is 0 Å². The highest BCUT2D eigenvalue weighted by Gasteiger charge is 2.58. The molecule has 1 aliphatic rings. The van der Waals surface area contributed by atoms with Gasteiger partial charge in [0.15, 0.2) is 0 Å². The number of halogens is 2. The molecule has 0 radical (unpaired) electrons. The van der Waals surface area contributed by atoms with Crippen molar-refractivity contribution >= 4 is 34.6 Å². The molecule has 1 aliphatic carbocycles. The minimum atomic E-state index is -2.67. The molecule has 0 aliphatic heterocycles. The molecule has 4 heteroatoms. The Morgan fingerprint density at radius 3 is 2.00 bits per heavy atom. The van der Waals surface area contributed by atoms with Crippen molar-refractivity contribution in [3.8, 4) is 10.8 Å². The average Bonchev–Trinajstić information content (AvgIpc) is 3.26. The third-order valence-corrected chi connectivity index (χ3v) is 10.4. The quantitative estimate of drug-likeness (QED) is 0.495. The number of benzene rings is 2. The largest absolute Gasteiger partial charge is 0.404 e. The molecule has 0 bridgehead atoms. The first kappa shape index (κ1) is 19.4. The average molecular weight is 431 g/mol. The van der Waals surface area contributed by atoms with Crippen LogP contribution in [0.5, 0.6) is 0 Å². The van der Waals surface area contributed by atoms with Crippen LogP contribution in [-0.4, -0.2) is 20.6 Å². The Morgan fingerprint density at radius 1 is 1.08 bits per heavy atom. The SMILES string of the molecule is CC(C)(C)[Si](OCC1(F)CC1C#CBr)(c1ccccc1)c1ccccc1. The molecule has 1 fully saturated rings. The minimum absolute atomic E-state index is 0.0899. The normalized spacial score (nSPS) is 22.4. The Balaban J connectivity index is 2.05. The van der Waals surface area contributed by atoms with Crippen molar-refractivity contribution in [3.63, 3.8) is 0 Å². The zero-order valence-electron chi connectivity index (χ0n) is 15.4. The summed E-state index contributed by atoms with van der Waals surface area (Å²) in [5.74, 6) is 2.66. The van der Waals surface area contributed by atoms with Crippen molar-refractivity contribution in [3.05, 3.63) is 60.7 Å². The van der Waals surface area contributed by atoms with Gasteiger partial charge in [0, 0.05) is 22.4 Å². The fourth-order valence-corrected chi connectivity index (χ4v) is 8.56. The standard InChI is InChI=1S/C22H24BrFOSi/c1-21(2,3)26(19-10-6-4-7-11-19,20-12-8-5-9-13-20)25-17-22(24)16-18(22)14-15-23/h4-13,18H,16-17H2,1-3H3. The molecule has 1 saturated carbocycles. The van der Waals surface area contributed by atoms with E-state index in [2.05, 4.69) is 71.7 Å². The van der Waals surface area contributed by atoms with Crippen molar-refractivity contribution in [1.82, 2.24) is 0 Å². The van der Waals surface area contributed by atoms with Crippen LogP contribution >= 0.6 is 15.9 Å². The second-order valence-electron chi connectivity index (χ2n) is 7.98. The van der Waals surface area contributed by atoms with Crippen LogP contribution in [0.15, 0.2) is 60.7 Å². The van der Waals surface area contributed by atoms with Gasteiger partial charge in [-0.05, 0) is 20.2 Å². The van der Waals surface area contributed by atoms with Gasteiger partial charge in [0.05, 0.1) is 12.5 Å². The fraction of sp³-hybridized carbons (Fsp3) is 0.364. The van der Waals surface area contributed by atoms with Gasteiger partial charge < -0.3 is 4.43 Å². The van der Waals surface area contributed by atoms with Crippen LogP contribution in [0.4, 0.5) is 4.39 Å². The van der Waals surface area contributed by atoms with Crippen molar-refractivity contribution in [2.24, 2.45) is 5.92 Å². The molecule has 1 nitrogen and oxygen atoms in total. The molecule has 2 atom stereocenters. The van der Waals surface area contributed by atoms with Gasteiger partial charge in [-0.25, -0.2) is 4.39 Å². The lowest BCUT2D eigenvalue weighted by molar-refractivity contribution is 0.161. The molecule has 0 aromatic heterocycles. The van der Waals surface area contributed by atoms with Crippen molar-refractivity contribution in [1.29, 1.82) is 0 Å². The van der Waals surface area contributed by atoms with Crippen LogP contribution in [0, 0.1) is 16.7 Å². The van der Waals surface area contributed by atoms with Crippen molar-refractivity contribution in [2.45, 2.75) is 37.9 Å². The number of hydrogen-bond donors (Lipinski definition) is 0. The van der Waals surface area contributed by atoms with E-state index in [-0.39, 0.29) is 17.6 Å². The summed E-state index contributed by atoms with van der Waals surface area (Å²) in [6.45, 7) is 6.69. The summed E-state index contributed by atoms with van der Waals surface area (Å²) in [5, 5.41) is 2.20. The number of alkyl halides is 1. The Bertz CT molecular complexity index is 767. The summed E-state index contributed by atoms with van der Waals surface area (Å²) in [6, 6.07) is 20.7. The Morgan fingerprint density at radius 2 is 1.58 bits per heavy atom. The molecule has 3 rings (SSSR count). The molecule has 0 N–H and O–H groups in total. The second-order valence-corrected chi connectivity index (χ2v) is 12.7. The smallest absolute Gasteiger partial charge is 0.261 e. The molecular formula is C22H24BrFOSi. The minimum Gasteiger partial charge on any atom is -0.404 e. The Labute approximate surface area is 165 Å². The molecule has 0 heterocycles. The predicted octanol–water partition coefficient (Wildman–Crippen LogP) is 4.65. The van der Waals surface area contributed by atoms with Gasteiger partial charge in [-0.3, -0.25) is 0 Å². The monoisotopic (exact) mass is 430 g/mol. The second kappa shape index (κ2) is 7.30. The van der Waals surface area contributed by atoms with E-state index in [0.29, 0.717) is 6.42 Å². The van der Waals surface area contributed by atoms with E-state index in [9.17, 15) is 0 Å². The van der Waals surface area contributed by atoms with Gasteiger partial charge >= 0.3 is 0 Å². The van der Waals surface area contributed by atoms with Gasteiger partial charge in [0.1, 0.15) is 5.67 Å². The van der Waals surface area contributed by atoms with E-state index in [1.165, 1.54) is 10.4 Å². The maximum Gasteiger partial charge on any atom is 0.261 e. The van der Waals surface area contributed by atoms with Gasteiger partial charge in [-0.1, -0.05) is 87.4 Å². The first-order valence-electron chi connectivity index (χ1n) is 8.88. The van der Waals surface area contributed by atoms with Crippen LogP contribution in [0.3, 0.4) is 0 Å². The molecule has 0 amide bonds. The first-order valence-corrected chi connectivity index (χ1v) is 11.6. The third-order valence-electron chi connectivity index (χ3n) is 5.18. The highest BCUT2D eigenvalue weighted by molar-refractivity contribution is 9.12. The molecule has 2 aromatic rings. The highest BCUT2D eigenvalue weighted by atomic mass is 79.9. The van der Waals surface area contributed by atoms with Crippen molar-refractivity contribution < 1.29 is 8.82 Å². The van der Waals surface area contributed by atoms with Gasteiger partial charge in [0.25, 0.3) is 8.32 Å². The summed E-state index contributed by atoms with van der Waals surface area (Å²) >= 11 is 3.08. The summed E-state index contributed by atoms with van der Waals surface area (Å²) in [7, 11) is -2.67. The fourth-order valence-electron chi connectivity index (χ4n) is 3.68. The topological polar surface area (TPSA) is 9.23 Å². The van der Waals surface area contributed by atoms with E-state index in [1.54, 1.807) is 0 Å². The molecular weight excluding hydrogens is 407 g/mol.